The van der Waals surface area contributed by atoms with Gasteiger partial charge in [-0.3, -0.25) is 5.41 Å². The topological polar surface area (TPSA) is 90.3 Å². The number of hydrogen-bond acceptors (Lipinski definition) is 6. The molecule has 152 valence electrons. The molecule has 2 aromatic carbocycles. The molecule has 0 aliphatic carbocycles. The Balaban J connectivity index is 1.76. The Morgan fingerprint density at radius 1 is 1.24 bits per heavy atom. The predicted molar refractivity (Wildman–Crippen MR) is 110 cm³/mol. The van der Waals surface area contributed by atoms with E-state index in [0.717, 1.165) is 17.6 Å². The summed E-state index contributed by atoms with van der Waals surface area (Å²) in [6.45, 7) is 3.77. The van der Waals surface area contributed by atoms with Crippen LogP contribution >= 0.6 is 23.1 Å². The van der Waals surface area contributed by atoms with E-state index in [1.807, 2.05) is 13.8 Å². The molecule has 1 heterocycles. The summed E-state index contributed by atoms with van der Waals surface area (Å²) in [5.41, 5.74) is 0.905. The molecule has 0 fully saturated rings. The van der Waals surface area contributed by atoms with Crippen molar-refractivity contribution in [3.63, 3.8) is 0 Å². The normalized spacial score (nSPS) is 10.8. The van der Waals surface area contributed by atoms with E-state index in [2.05, 4.69) is 15.0 Å². The number of halogens is 3. The summed E-state index contributed by atoms with van der Waals surface area (Å²) in [4.78, 5) is 0. The molecule has 1 aromatic heterocycles. The second kappa shape index (κ2) is 8.62. The van der Waals surface area contributed by atoms with Crippen molar-refractivity contribution in [1.29, 1.82) is 5.41 Å². The molecule has 0 bridgehead atoms. The summed E-state index contributed by atoms with van der Waals surface area (Å²) in [6, 6.07) is 8.19. The zero-order valence-electron chi connectivity index (χ0n) is 15.4. The minimum atomic E-state index is -0.907. The number of aromatic nitrogens is 1. The third-order valence-electron chi connectivity index (χ3n) is 3.66. The van der Waals surface area contributed by atoms with Gasteiger partial charge < -0.3 is 20.5 Å². The molecular weight excluding hydrogens is 422 g/mol. The standard InChI is InChI=1S/C19H17ClF2N4O2S/c1-9(2)24-17(23)15-18(27)26-29-19(15)25-11-3-5-12(6-4-11)28-14-8-10(21)7-13(22)16(14)20/h3-9,25H,1-2H3,(H2,23,24)(H,26,27). The van der Waals surface area contributed by atoms with E-state index in [9.17, 15) is 13.9 Å². The van der Waals surface area contributed by atoms with Gasteiger partial charge in [-0.1, -0.05) is 11.6 Å². The fourth-order valence-corrected chi connectivity index (χ4v) is 3.29. The molecule has 0 aliphatic rings. The van der Waals surface area contributed by atoms with Crippen LogP contribution in [0, 0.1) is 17.0 Å². The van der Waals surface area contributed by atoms with Crippen molar-refractivity contribution in [2.75, 3.05) is 5.32 Å². The number of benzene rings is 2. The number of anilines is 2. The first-order valence-electron chi connectivity index (χ1n) is 8.48. The van der Waals surface area contributed by atoms with Crippen molar-refractivity contribution in [3.8, 4) is 17.4 Å². The molecule has 0 aliphatic heterocycles. The average Bonchev–Trinajstić information content (AvgIpc) is 3.00. The van der Waals surface area contributed by atoms with Gasteiger partial charge in [0.1, 0.15) is 38.8 Å². The summed E-state index contributed by atoms with van der Waals surface area (Å²) >= 11 is 6.82. The van der Waals surface area contributed by atoms with Gasteiger partial charge >= 0.3 is 0 Å². The first kappa shape index (κ1) is 20.8. The van der Waals surface area contributed by atoms with E-state index in [0.29, 0.717) is 22.5 Å². The molecule has 6 nitrogen and oxygen atoms in total. The molecule has 4 N–H and O–H groups in total. The van der Waals surface area contributed by atoms with Crippen molar-refractivity contribution in [1.82, 2.24) is 9.69 Å². The van der Waals surface area contributed by atoms with Crippen molar-refractivity contribution in [2.45, 2.75) is 19.9 Å². The van der Waals surface area contributed by atoms with Gasteiger partial charge in [0.05, 0.1) is 0 Å². The minimum Gasteiger partial charge on any atom is -0.492 e. The third-order valence-corrected chi connectivity index (χ3v) is 4.78. The Bertz CT molecular complexity index is 1040. The van der Waals surface area contributed by atoms with Crippen LogP contribution in [0.1, 0.15) is 19.4 Å². The molecule has 0 saturated carbocycles. The molecule has 0 spiro atoms. The summed E-state index contributed by atoms with van der Waals surface area (Å²) in [6.07, 6.45) is 0. The monoisotopic (exact) mass is 438 g/mol. The van der Waals surface area contributed by atoms with Crippen molar-refractivity contribution >= 4 is 39.7 Å². The van der Waals surface area contributed by atoms with Gasteiger partial charge in [0, 0.05) is 23.9 Å². The maximum atomic E-state index is 13.5. The lowest BCUT2D eigenvalue weighted by Gasteiger charge is -2.13. The molecule has 0 amide bonds. The molecule has 29 heavy (non-hydrogen) atoms. The van der Waals surface area contributed by atoms with Crippen molar-refractivity contribution in [3.05, 3.63) is 58.6 Å². The van der Waals surface area contributed by atoms with Crippen LogP contribution < -0.4 is 15.4 Å². The molecule has 0 saturated heterocycles. The van der Waals surface area contributed by atoms with Gasteiger partial charge in [0.2, 0.25) is 5.88 Å². The Morgan fingerprint density at radius 2 is 1.93 bits per heavy atom. The van der Waals surface area contributed by atoms with Crippen LogP contribution in [0.3, 0.4) is 0 Å². The molecule has 10 heteroatoms. The number of hydrogen-bond donors (Lipinski definition) is 4. The first-order chi connectivity index (χ1) is 13.7. The van der Waals surface area contributed by atoms with E-state index < -0.39 is 11.6 Å². The summed E-state index contributed by atoms with van der Waals surface area (Å²) in [7, 11) is 0. The van der Waals surface area contributed by atoms with Crippen LogP contribution in [0.2, 0.25) is 5.02 Å². The smallest absolute Gasteiger partial charge is 0.236 e. The molecule has 3 rings (SSSR count). The maximum Gasteiger partial charge on any atom is 0.236 e. The molecule has 0 unspecified atom stereocenters. The lowest BCUT2D eigenvalue weighted by molar-refractivity contribution is 0.458. The van der Waals surface area contributed by atoms with Crippen molar-refractivity contribution in [2.24, 2.45) is 0 Å². The quantitative estimate of drug-likeness (QED) is 0.227. The van der Waals surface area contributed by atoms with Gasteiger partial charge in [0.15, 0.2) is 5.75 Å². The van der Waals surface area contributed by atoms with E-state index >= 15 is 0 Å². The highest BCUT2D eigenvalue weighted by Gasteiger charge is 2.19. The van der Waals surface area contributed by atoms with Gasteiger partial charge in [-0.2, -0.15) is 4.37 Å². The number of ether oxygens (including phenoxy) is 1. The highest BCUT2D eigenvalue weighted by atomic mass is 35.5. The first-order valence-corrected chi connectivity index (χ1v) is 9.63. The average molecular weight is 439 g/mol. The van der Waals surface area contributed by atoms with Crippen LogP contribution in [0.25, 0.3) is 0 Å². The summed E-state index contributed by atoms with van der Waals surface area (Å²) < 4.78 is 36.2. The summed E-state index contributed by atoms with van der Waals surface area (Å²) in [5, 5.41) is 24.2. The molecule has 0 atom stereocenters. The number of amidine groups is 1. The molecule has 0 radical (unpaired) electrons. The Labute approximate surface area is 174 Å². The van der Waals surface area contributed by atoms with Crippen LogP contribution in [0.5, 0.6) is 17.4 Å². The van der Waals surface area contributed by atoms with E-state index in [1.165, 1.54) is 0 Å². The fourth-order valence-electron chi connectivity index (χ4n) is 2.42. The highest BCUT2D eigenvalue weighted by Crippen LogP contribution is 2.35. The number of aromatic hydroxyl groups is 1. The Hall–Kier alpha value is -2.91. The minimum absolute atomic E-state index is 0.0190. The number of nitrogens with zero attached hydrogens (tertiary/aromatic N) is 1. The van der Waals surface area contributed by atoms with Crippen molar-refractivity contribution < 1.29 is 18.6 Å². The van der Waals surface area contributed by atoms with E-state index in [-0.39, 0.29) is 34.1 Å². The van der Waals surface area contributed by atoms with Crippen LogP contribution in [-0.2, 0) is 0 Å². The zero-order valence-corrected chi connectivity index (χ0v) is 17.0. The van der Waals surface area contributed by atoms with Gasteiger partial charge in [0.25, 0.3) is 0 Å². The van der Waals surface area contributed by atoms with Crippen LogP contribution in [0.15, 0.2) is 36.4 Å². The Kier molecular flexibility index (Phi) is 6.19. The van der Waals surface area contributed by atoms with Crippen LogP contribution in [0.4, 0.5) is 19.5 Å². The number of rotatable bonds is 6. The molecular formula is C19H17ClF2N4O2S. The highest BCUT2D eigenvalue weighted by molar-refractivity contribution is 7.11. The van der Waals surface area contributed by atoms with Crippen LogP contribution in [-0.4, -0.2) is 21.4 Å². The van der Waals surface area contributed by atoms with Gasteiger partial charge in [-0.25, -0.2) is 8.78 Å². The predicted octanol–water partition coefficient (Wildman–Crippen LogP) is 5.64. The summed E-state index contributed by atoms with van der Waals surface area (Å²) in [5.74, 6) is -1.70. The number of nitrogens with one attached hydrogen (secondary N) is 3. The fraction of sp³-hybridized carbons (Fsp3) is 0.158. The largest absolute Gasteiger partial charge is 0.492 e. The lowest BCUT2D eigenvalue weighted by Crippen LogP contribution is -2.30. The second-order valence-corrected chi connectivity index (χ2v) is 7.49. The van der Waals surface area contributed by atoms with E-state index in [1.54, 1.807) is 24.3 Å². The third kappa shape index (κ3) is 4.93. The SMILES string of the molecule is CC(C)NC(=N)c1c(O)nsc1Nc1ccc(Oc2cc(F)cc(F)c2Cl)cc1. The lowest BCUT2D eigenvalue weighted by atomic mass is 10.2. The maximum absolute atomic E-state index is 13.5. The molecule has 3 aromatic rings. The van der Waals surface area contributed by atoms with E-state index in [4.69, 9.17) is 21.7 Å². The zero-order chi connectivity index (χ0) is 21.1. The van der Waals surface area contributed by atoms with Gasteiger partial charge in [-0.15, -0.1) is 0 Å². The second-order valence-electron chi connectivity index (χ2n) is 6.34. The van der Waals surface area contributed by atoms with Gasteiger partial charge in [-0.05, 0) is 49.6 Å². The Morgan fingerprint density at radius 3 is 2.59 bits per heavy atom.